The van der Waals surface area contributed by atoms with Gasteiger partial charge in [0, 0.05) is 5.56 Å². The lowest BCUT2D eigenvalue weighted by atomic mass is 9.43. The highest BCUT2D eigenvalue weighted by Gasteiger charge is 2.55. The molecular weight excluding hydrogens is 443 g/mol. The number of halogens is 3. The molecule has 0 aliphatic heterocycles. The highest BCUT2D eigenvalue weighted by molar-refractivity contribution is 5.94. The minimum absolute atomic E-state index is 0.378. The van der Waals surface area contributed by atoms with Crippen LogP contribution in [0.3, 0.4) is 0 Å². The summed E-state index contributed by atoms with van der Waals surface area (Å²) in [5.74, 6) is 0.489. The lowest BCUT2D eigenvalue weighted by Crippen LogP contribution is -2.54. The first-order valence-corrected chi connectivity index (χ1v) is 11.6. The molecule has 7 heteroatoms. The summed E-state index contributed by atoms with van der Waals surface area (Å²) in [5.41, 5.74) is 10.1. The number of fused-ring (bicyclic) bond motifs is 2. The molecule has 34 heavy (non-hydrogen) atoms. The van der Waals surface area contributed by atoms with Crippen molar-refractivity contribution in [1.82, 2.24) is 0 Å². The van der Waals surface area contributed by atoms with Crippen LogP contribution in [-0.2, 0) is 11.2 Å². The van der Waals surface area contributed by atoms with E-state index < -0.39 is 12.1 Å². The van der Waals surface area contributed by atoms with Crippen LogP contribution in [0.4, 0.5) is 13.2 Å². The zero-order valence-electron chi connectivity index (χ0n) is 19.7. The van der Waals surface area contributed by atoms with Gasteiger partial charge in [0.25, 0.3) is 0 Å². The van der Waals surface area contributed by atoms with E-state index in [-0.39, 0.29) is 5.91 Å². The summed E-state index contributed by atoms with van der Waals surface area (Å²) < 4.78 is 31.7. The number of hydrogen-bond acceptors (Lipinski definition) is 2. The quantitative estimate of drug-likeness (QED) is 0.530. The van der Waals surface area contributed by atoms with Crippen molar-refractivity contribution in [3.8, 4) is 11.1 Å². The van der Waals surface area contributed by atoms with Gasteiger partial charge in [-0.15, -0.1) is 0 Å². The van der Waals surface area contributed by atoms with E-state index in [1.54, 1.807) is 6.07 Å². The largest absolute Gasteiger partial charge is 0.490 e. The van der Waals surface area contributed by atoms with Gasteiger partial charge in [0.2, 0.25) is 5.91 Å². The average molecular weight is 476 g/mol. The van der Waals surface area contributed by atoms with Gasteiger partial charge < -0.3 is 10.8 Å². The van der Waals surface area contributed by atoms with Crippen LogP contribution in [0.1, 0.15) is 56.0 Å². The molecule has 1 amide bonds. The number of alkyl halides is 3. The van der Waals surface area contributed by atoms with Crippen molar-refractivity contribution in [3.63, 3.8) is 0 Å². The number of benzene rings is 2. The van der Waals surface area contributed by atoms with E-state index in [2.05, 4.69) is 45.0 Å². The number of nitrogens with two attached hydrogens (primary N) is 1. The summed E-state index contributed by atoms with van der Waals surface area (Å²) in [6.07, 6.45) is 0.267. The number of aliphatic carboxylic acids is 1. The van der Waals surface area contributed by atoms with Crippen LogP contribution in [0.2, 0.25) is 0 Å². The minimum Gasteiger partial charge on any atom is -0.475 e. The minimum atomic E-state index is -5.08. The molecule has 0 saturated heterocycles. The van der Waals surface area contributed by atoms with Crippen molar-refractivity contribution in [2.45, 2.75) is 52.6 Å². The van der Waals surface area contributed by atoms with Crippen molar-refractivity contribution >= 4 is 11.9 Å². The molecule has 2 bridgehead atoms. The van der Waals surface area contributed by atoms with Crippen LogP contribution in [0.25, 0.3) is 11.1 Å². The van der Waals surface area contributed by atoms with Gasteiger partial charge in [0.15, 0.2) is 0 Å². The molecule has 1 unspecified atom stereocenters. The summed E-state index contributed by atoms with van der Waals surface area (Å²) >= 11 is 0. The lowest BCUT2D eigenvalue weighted by molar-refractivity contribution is -0.192. The van der Waals surface area contributed by atoms with E-state index >= 15 is 0 Å². The Morgan fingerprint density at radius 2 is 1.68 bits per heavy atom. The molecule has 3 N–H and O–H groups in total. The standard InChI is InChI=1S/C25H31NO.C2HF3O2/c1-16-19(14-22-15-23(16)25(22,2)3)12-9-17-7-10-18(11-8-17)20-5-4-6-21(13-20)24(26)27;3-2(4,5)1(6)7/h4-8,10-11,13,16,19,22-23H,9,12,14-15H2,1-3H3,(H2,26,27);(H,6,7)/t16-,19?,22+,23+;/m0./s1. The maximum Gasteiger partial charge on any atom is 0.490 e. The number of aryl methyl sites for hydroxylation is 1. The van der Waals surface area contributed by atoms with Crippen LogP contribution in [-0.4, -0.2) is 23.2 Å². The first-order valence-electron chi connectivity index (χ1n) is 11.6. The zero-order valence-corrected chi connectivity index (χ0v) is 19.7. The van der Waals surface area contributed by atoms with Gasteiger partial charge in [-0.25, -0.2) is 4.79 Å². The lowest BCUT2D eigenvalue weighted by Gasteiger charge is -2.62. The molecule has 3 saturated carbocycles. The van der Waals surface area contributed by atoms with Gasteiger partial charge in [0.1, 0.15) is 0 Å². The second-order valence-corrected chi connectivity index (χ2v) is 10.2. The Hall–Kier alpha value is -2.83. The molecule has 184 valence electrons. The second kappa shape index (κ2) is 9.80. The second-order valence-electron chi connectivity index (χ2n) is 10.2. The summed E-state index contributed by atoms with van der Waals surface area (Å²) in [4.78, 5) is 20.3. The maximum atomic E-state index is 11.4. The van der Waals surface area contributed by atoms with Crippen molar-refractivity contribution in [2.75, 3.05) is 0 Å². The van der Waals surface area contributed by atoms with E-state index in [4.69, 9.17) is 15.6 Å². The molecule has 0 radical (unpaired) electrons. The summed E-state index contributed by atoms with van der Waals surface area (Å²) in [5, 5.41) is 7.12. The molecule has 3 aliphatic carbocycles. The zero-order chi connectivity index (χ0) is 25.3. The predicted molar refractivity (Wildman–Crippen MR) is 125 cm³/mol. The maximum absolute atomic E-state index is 11.4. The number of rotatable bonds is 5. The van der Waals surface area contributed by atoms with E-state index in [0.717, 1.165) is 41.2 Å². The average Bonchev–Trinajstić information content (AvgIpc) is 2.78. The normalized spacial score (nSPS) is 24.9. The summed E-state index contributed by atoms with van der Waals surface area (Å²) in [6, 6.07) is 16.4. The molecule has 3 aliphatic rings. The fourth-order valence-corrected chi connectivity index (χ4v) is 5.71. The molecule has 4 nitrogen and oxygen atoms in total. The molecule has 0 heterocycles. The number of carboxylic acids is 1. The smallest absolute Gasteiger partial charge is 0.475 e. The van der Waals surface area contributed by atoms with Crippen LogP contribution >= 0.6 is 0 Å². The fraction of sp³-hybridized carbons (Fsp3) is 0.481. The van der Waals surface area contributed by atoms with E-state index in [0.29, 0.717) is 11.0 Å². The molecule has 5 rings (SSSR count). The number of carbonyl (C=O) groups is 2. The third kappa shape index (κ3) is 5.62. The Kier molecular flexibility index (Phi) is 7.44. The number of hydrogen-bond donors (Lipinski definition) is 2. The topological polar surface area (TPSA) is 80.4 Å². The van der Waals surface area contributed by atoms with Crippen molar-refractivity contribution in [3.05, 3.63) is 59.7 Å². The molecule has 4 atom stereocenters. The molecule has 0 aromatic heterocycles. The molecule has 3 fully saturated rings. The Balaban J connectivity index is 0.000000406. The van der Waals surface area contributed by atoms with Gasteiger partial charge in [0.05, 0.1) is 0 Å². The fourth-order valence-electron chi connectivity index (χ4n) is 5.71. The van der Waals surface area contributed by atoms with Gasteiger partial charge in [-0.2, -0.15) is 13.2 Å². The van der Waals surface area contributed by atoms with E-state index in [1.807, 2.05) is 18.2 Å². The molecule has 2 aromatic rings. The Labute approximate surface area is 198 Å². The first-order chi connectivity index (χ1) is 15.8. The Bertz CT molecular complexity index is 1030. The van der Waals surface area contributed by atoms with Gasteiger partial charge in [-0.05, 0) is 83.6 Å². The predicted octanol–water partition coefficient (Wildman–Crippen LogP) is 6.34. The van der Waals surface area contributed by atoms with Crippen molar-refractivity contribution < 1.29 is 27.9 Å². The summed E-state index contributed by atoms with van der Waals surface area (Å²) in [7, 11) is 0. The van der Waals surface area contributed by atoms with Crippen LogP contribution in [0.15, 0.2) is 48.5 Å². The number of carboxylic acid groups (broad SMARTS) is 1. The van der Waals surface area contributed by atoms with Crippen LogP contribution in [0.5, 0.6) is 0 Å². The number of carbonyl (C=O) groups excluding carboxylic acids is 1. The number of primary amides is 1. The van der Waals surface area contributed by atoms with Gasteiger partial charge >= 0.3 is 12.1 Å². The first kappa shape index (κ1) is 25.8. The Morgan fingerprint density at radius 1 is 1.06 bits per heavy atom. The van der Waals surface area contributed by atoms with Crippen molar-refractivity contribution in [2.24, 2.45) is 34.8 Å². The van der Waals surface area contributed by atoms with Gasteiger partial charge in [-0.1, -0.05) is 57.2 Å². The molecular formula is C27H32F3NO3. The van der Waals surface area contributed by atoms with E-state index in [9.17, 15) is 18.0 Å². The molecule has 0 spiro atoms. The van der Waals surface area contributed by atoms with Crippen LogP contribution < -0.4 is 5.73 Å². The monoisotopic (exact) mass is 475 g/mol. The Morgan fingerprint density at radius 3 is 2.18 bits per heavy atom. The van der Waals surface area contributed by atoms with E-state index in [1.165, 1.54) is 24.8 Å². The third-order valence-electron chi connectivity index (χ3n) is 7.99. The third-order valence-corrected chi connectivity index (χ3v) is 7.99. The van der Waals surface area contributed by atoms with Gasteiger partial charge in [-0.3, -0.25) is 4.79 Å². The summed E-state index contributed by atoms with van der Waals surface area (Å²) in [6.45, 7) is 7.44. The van der Waals surface area contributed by atoms with Crippen molar-refractivity contribution in [1.29, 1.82) is 0 Å². The molecule has 2 aromatic carbocycles. The highest BCUT2D eigenvalue weighted by atomic mass is 19.4. The SMILES string of the molecule is C[C@H]1C(CCc2ccc(-c3cccc(C(N)=O)c3)cc2)C[C@@H]2C[C@H]1C2(C)C.O=C(O)C(F)(F)F. The number of amides is 1. The highest BCUT2D eigenvalue weighted by Crippen LogP contribution is 2.63. The van der Waals surface area contributed by atoms with Crippen LogP contribution in [0, 0.1) is 29.1 Å².